The molecule has 154 valence electrons. The van der Waals surface area contributed by atoms with Gasteiger partial charge >= 0.3 is 0 Å². The molecule has 0 spiro atoms. The van der Waals surface area contributed by atoms with Gasteiger partial charge in [0.15, 0.2) is 0 Å². The van der Waals surface area contributed by atoms with Crippen molar-refractivity contribution in [3.05, 3.63) is 65.4 Å². The third-order valence-corrected chi connectivity index (χ3v) is 7.87. The largest absolute Gasteiger partial charge is 0.364 e. The van der Waals surface area contributed by atoms with Crippen LogP contribution in [0.4, 0.5) is 5.69 Å². The molecule has 1 aromatic heterocycles. The minimum absolute atomic E-state index is 0.0175. The molecule has 1 saturated carbocycles. The van der Waals surface area contributed by atoms with E-state index >= 15 is 0 Å². The second-order valence-electron chi connectivity index (χ2n) is 9.35. The maximum absolute atomic E-state index is 13.6. The number of para-hydroxylation sites is 2. The highest BCUT2D eigenvalue weighted by Gasteiger charge is 2.57. The molecule has 3 heterocycles. The average Bonchev–Trinajstić information content (AvgIpc) is 3.43. The number of nitrogens with zero attached hydrogens (tertiary/aromatic N) is 1. The quantitative estimate of drug-likeness (QED) is 0.612. The molecule has 2 aromatic carbocycles. The highest BCUT2D eigenvalue weighted by molar-refractivity contribution is 5.87. The lowest BCUT2D eigenvalue weighted by molar-refractivity contribution is -0.137. The fourth-order valence-corrected chi connectivity index (χ4v) is 6.40. The Hall–Kier alpha value is -2.75. The van der Waals surface area contributed by atoms with E-state index in [2.05, 4.69) is 70.7 Å². The van der Waals surface area contributed by atoms with Crippen molar-refractivity contribution in [2.24, 2.45) is 5.92 Å². The number of benzene rings is 2. The van der Waals surface area contributed by atoms with Crippen molar-refractivity contribution in [3.63, 3.8) is 0 Å². The van der Waals surface area contributed by atoms with Crippen LogP contribution < -0.4 is 5.32 Å². The fourth-order valence-electron chi connectivity index (χ4n) is 6.40. The van der Waals surface area contributed by atoms with Crippen LogP contribution in [0.3, 0.4) is 0 Å². The summed E-state index contributed by atoms with van der Waals surface area (Å²) in [5.41, 5.74) is 6.03. The van der Waals surface area contributed by atoms with Crippen molar-refractivity contribution in [2.75, 3.05) is 11.9 Å². The predicted octanol–water partition coefficient (Wildman–Crippen LogP) is 5.33. The summed E-state index contributed by atoms with van der Waals surface area (Å²) in [4.78, 5) is 19.5. The van der Waals surface area contributed by atoms with Crippen LogP contribution in [0.5, 0.6) is 0 Å². The topological polar surface area (TPSA) is 48.1 Å². The maximum Gasteiger partial charge on any atom is 0.227 e. The van der Waals surface area contributed by atoms with Crippen LogP contribution >= 0.6 is 0 Å². The molecule has 2 atom stereocenters. The number of likely N-dealkylation sites (tertiary alicyclic amines) is 1. The number of H-pyrrole nitrogens is 1. The first-order valence-electron chi connectivity index (χ1n) is 11.4. The molecule has 0 radical (unpaired) electrons. The zero-order valence-corrected chi connectivity index (χ0v) is 17.6. The van der Waals surface area contributed by atoms with E-state index in [-0.39, 0.29) is 17.5 Å². The molecule has 2 N–H and O–H groups in total. The van der Waals surface area contributed by atoms with Gasteiger partial charge in [0.25, 0.3) is 0 Å². The van der Waals surface area contributed by atoms with Crippen LogP contribution in [-0.4, -0.2) is 28.5 Å². The number of anilines is 1. The molecule has 30 heavy (non-hydrogen) atoms. The third-order valence-electron chi connectivity index (χ3n) is 7.87. The van der Waals surface area contributed by atoms with E-state index in [0.717, 1.165) is 25.8 Å². The Morgan fingerprint density at radius 3 is 2.63 bits per heavy atom. The zero-order chi connectivity index (χ0) is 20.3. The van der Waals surface area contributed by atoms with Gasteiger partial charge in [0.1, 0.15) is 6.17 Å². The highest BCUT2D eigenvalue weighted by Crippen LogP contribution is 2.54. The number of amides is 1. The third kappa shape index (κ3) is 2.36. The van der Waals surface area contributed by atoms with Gasteiger partial charge in [-0.25, -0.2) is 0 Å². The Labute approximate surface area is 177 Å². The monoisotopic (exact) mass is 399 g/mol. The second-order valence-corrected chi connectivity index (χ2v) is 9.35. The summed E-state index contributed by atoms with van der Waals surface area (Å²) in [6, 6.07) is 17.2. The highest BCUT2D eigenvalue weighted by atomic mass is 16.2. The second kappa shape index (κ2) is 6.63. The van der Waals surface area contributed by atoms with E-state index < -0.39 is 0 Å². The molecular formula is C26H29N3O. The SMILES string of the molecule is Cc1c([C@]23CCN(C(=O)C4CCCCC4)[C@H]2Nc2ccccc23)[nH]c2ccccc12. The molecular weight excluding hydrogens is 370 g/mol. The number of nitrogens with one attached hydrogen (secondary N) is 2. The summed E-state index contributed by atoms with van der Waals surface area (Å²) in [6.07, 6.45) is 6.68. The first-order valence-corrected chi connectivity index (χ1v) is 11.4. The summed E-state index contributed by atoms with van der Waals surface area (Å²) in [5, 5.41) is 5.04. The Morgan fingerprint density at radius 1 is 1.03 bits per heavy atom. The minimum atomic E-state index is -0.218. The number of rotatable bonds is 2. The van der Waals surface area contributed by atoms with Crippen LogP contribution in [0.1, 0.15) is 55.3 Å². The molecule has 4 heteroatoms. The normalized spacial score (nSPS) is 25.9. The summed E-state index contributed by atoms with van der Waals surface area (Å²) in [5.74, 6) is 0.555. The number of carbonyl (C=O) groups is 1. The lowest BCUT2D eigenvalue weighted by atomic mass is 9.75. The van der Waals surface area contributed by atoms with Crippen molar-refractivity contribution >= 4 is 22.5 Å². The molecule has 1 saturated heterocycles. The summed E-state index contributed by atoms with van der Waals surface area (Å²) in [6.45, 7) is 3.04. The predicted molar refractivity (Wildman–Crippen MR) is 121 cm³/mol. The molecule has 3 aromatic rings. The lowest BCUT2D eigenvalue weighted by Crippen LogP contribution is -2.49. The van der Waals surface area contributed by atoms with Gasteiger partial charge in [0, 0.05) is 34.7 Å². The average molecular weight is 400 g/mol. The Bertz CT molecular complexity index is 1130. The van der Waals surface area contributed by atoms with E-state index in [1.165, 1.54) is 52.7 Å². The summed E-state index contributed by atoms with van der Waals surface area (Å²) < 4.78 is 0. The first-order chi connectivity index (χ1) is 14.7. The Morgan fingerprint density at radius 2 is 1.80 bits per heavy atom. The number of hydrogen-bond donors (Lipinski definition) is 2. The van der Waals surface area contributed by atoms with Crippen LogP contribution in [-0.2, 0) is 10.2 Å². The van der Waals surface area contributed by atoms with Crippen LogP contribution in [0.25, 0.3) is 10.9 Å². The van der Waals surface area contributed by atoms with Gasteiger partial charge in [0.05, 0.1) is 5.41 Å². The minimum Gasteiger partial charge on any atom is -0.364 e. The summed E-state index contributed by atoms with van der Waals surface area (Å²) >= 11 is 0. The molecule has 0 unspecified atom stereocenters. The number of aryl methyl sites for hydroxylation is 1. The molecule has 6 rings (SSSR count). The number of carbonyl (C=O) groups excluding carboxylic acids is 1. The van der Waals surface area contributed by atoms with Crippen LogP contribution in [0.2, 0.25) is 0 Å². The smallest absolute Gasteiger partial charge is 0.227 e. The van der Waals surface area contributed by atoms with Gasteiger partial charge in [-0.2, -0.15) is 0 Å². The molecule has 3 aliphatic rings. The maximum atomic E-state index is 13.6. The van der Waals surface area contributed by atoms with Crippen molar-refractivity contribution < 1.29 is 4.79 Å². The molecule has 4 nitrogen and oxygen atoms in total. The number of aromatic nitrogens is 1. The van der Waals surface area contributed by atoms with Crippen molar-refractivity contribution in [3.8, 4) is 0 Å². The molecule has 0 bridgehead atoms. The van der Waals surface area contributed by atoms with E-state index in [4.69, 9.17) is 0 Å². The Kier molecular flexibility index (Phi) is 3.99. The van der Waals surface area contributed by atoms with Gasteiger partial charge in [-0.05, 0) is 49.4 Å². The molecule has 1 aliphatic carbocycles. The van der Waals surface area contributed by atoms with E-state index in [0.29, 0.717) is 5.91 Å². The molecule has 2 fully saturated rings. The zero-order valence-electron chi connectivity index (χ0n) is 17.6. The summed E-state index contributed by atoms with van der Waals surface area (Å²) in [7, 11) is 0. The van der Waals surface area contributed by atoms with Crippen LogP contribution in [0.15, 0.2) is 48.5 Å². The number of fused-ring (bicyclic) bond motifs is 4. The van der Waals surface area contributed by atoms with Gasteiger partial charge in [-0.3, -0.25) is 4.79 Å². The van der Waals surface area contributed by atoms with E-state index in [1.54, 1.807) is 0 Å². The van der Waals surface area contributed by atoms with Crippen molar-refractivity contribution in [2.45, 2.75) is 57.0 Å². The van der Waals surface area contributed by atoms with E-state index in [9.17, 15) is 4.79 Å². The number of aromatic amines is 1. The van der Waals surface area contributed by atoms with Gasteiger partial charge in [-0.1, -0.05) is 55.7 Å². The Balaban J connectivity index is 1.49. The van der Waals surface area contributed by atoms with Crippen molar-refractivity contribution in [1.82, 2.24) is 9.88 Å². The first kappa shape index (κ1) is 18.1. The van der Waals surface area contributed by atoms with Crippen LogP contribution in [0, 0.1) is 12.8 Å². The fraction of sp³-hybridized carbons (Fsp3) is 0.423. The lowest BCUT2D eigenvalue weighted by Gasteiger charge is -2.35. The number of hydrogen-bond acceptors (Lipinski definition) is 2. The molecule has 1 amide bonds. The van der Waals surface area contributed by atoms with E-state index in [1.807, 2.05) is 0 Å². The van der Waals surface area contributed by atoms with Gasteiger partial charge in [-0.15, -0.1) is 0 Å². The van der Waals surface area contributed by atoms with Gasteiger partial charge < -0.3 is 15.2 Å². The van der Waals surface area contributed by atoms with Crippen molar-refractivity contribution in [1.29, 1.82) is 0 Å². The van der Waals surface area contributed by atoms with Gasteiger partial charge in [0.2, 0.25) is 5.91 Å². The standard InChI is InChI=1S/C26H29N3O/c1-17-19-11-5-7-13-21(19)27-23(17)26-15-16-29(24(30)18-9-3-2-4-10-18)25(26)28-22-14-8-6-12-20(22)26/h5-8,11-14,18,25,27-28H,2-4,9-10,15-16H2,1H3/t25-,26-/m1/s1. The molecule has 2 aliphatic heterocycles.